The number of benzene rings is 1. The van der Waals surface area contributed by atoms with Crippen LogP contribution in [0.25, 0.3) is 0 Å². The number of hydrogen-bond acceptors (Lipinski definition) is 3. The van der Waals surface area contributed by atoms with Crippen LogP contribution in [0.1, 0.15) is 47.7 Å². The molecule has 1 aromatic carbocycles. The van der Waals surface area contributed by atoms with Gasteiger partial charge in [0.2, 0.25) is 0 Å². The summed E-state index contributed by atoms with van der Waals surface area (Å²) in [5, 5.41) is 16.0. The summed E-state index contributed by atoms with van der Waals surface area (Å²) in [4.78, 5) is 1.40. The molecule has 2 N–H and O–H groups in total. The molecule has 1 aliphatic rings. The van der Waals surface area contributed by atoms with Crippen LogP contribution >= 0.6 is 11.3 Å². The Bertz CT molecular complexity index is 600. The minimum Gasteiger partial charge on any atom is -0.507 e. The average molecular weight is 301 g/mol. The van der Waals surface area contributed by atoms with Crippen LogP contribution in [-0.2, 0) is 0 Å². The van der Waals surface area contributed by atoms with E-state index in [4.69, 9.17) is 0 Å². The zero-order valence-electron chi connectivity index (χ0n) is 12.7. The van der Waals surface area contributed by atoms with Gasteiger partial charge < -0.3 is 10.4 Å². The first kappa shape index (κ1) is 14.5. The van der Waals surface area contributed by atoms with Gasteiger partial charge in [-0.05, 0) is 55.7 Å². The predicted molar refractivity (Wildman–Crippen MR) is 90.2 cm³/mol. The van der Waals surface area contributed by atoms with Crippen molar-refractivity contribution in [2.45, 2.75) is 45.6 Å². The Morgan fingerprint density at radius 3 is 2.62 bits per heavy atom. The van der Waals surface area contributed by atoms with Gasteiger partial charge in [0.15, 0.2) is 0 Å². The largest absolute Gasteiger partial charge is 0.507 e. The molecule has 0 amide bonds. The zero-order valence-corrected chi connectivity index (χ0v) is 13.5. The molecule has 1 atom stereocenters. The van der Waals surface area contributed by atoms with Crippen molar-refractivity contribution in [1.82, 2.24) is 0 Å². The summed E-state index contributed by atoms with van der Waals surface area (Å²) in [7, 11) is 0. The molecule has 0 bridgehead atoms. The molecule has 0 spiro atoms. The second kappa shape index (κ2) is 6.10. The minimum absolute atomic E-state index is 0.369. The van der Waals surface area contributed by atoms with E-state index in [1.807, 2.05) is 31.3 Å². The van der Waals surface area contributed by atoms with Crippen molar-refractivity contribution in [3.8, 4) is 5.75 Å². The van der Waals surface area contributed by atoms with Crippen molar-refractivity contribution in [3.63, 3.8) is 0 Å². The number of rotatable bonds is 4. The van der Waals surface area contributed by atoms with Gasteiger partial charge >= 0.3 is 0 Å². The molecule has 3 rings (SSSR count). The van der Waals surface area contributed by atoms with E-state index in [-0.39, 0.29) is 0 Å². The highest BCUT2D eigenvalue weighted by Crippen LogP contribution is 2.40. The van der Waals surface area contributed by atoms with Crippen molar-refractivity contribution in [2.24, 2.45) is 5.92 Å². The molecule has 112 valence electrons. The van der Waals surface area contributed by atoms with Gasteiger partial charge in [-0.2, -0.15) is 0 Å². The number of anilines is 1. The van der Waals surface area contributed by atoms with Gasteiger partial charge in [0.1, 0.15) is 5.75 Å². The van der Waals surface area contributed by atoms with Crippen LogP contribution in [0.4, 0.5) is 5.69 Å². The number of phenolic OH excluding ortho intramolecular Hbond substituents is 1. The Hall–Kier alpha value is -1.48. The molecule has 21 heavy (non-hydrogen) atoms. The van der Waals surface area contributed by atoms with E-state index < -0.39 is 0 Å². The highest BCUT2D eigenvalue weighted by atomic mass is 32.1. The summed E-state index contributed by atoms with van der Waals surface area (Å²) in [5.41, 5.74) is 2.95. The number of thiophene rings is 1. The van der Waals surface area contributed by atoms with Crippen LogP contribution < -0.4 is 5.32 Å². The number of nitrogens with one attached hydrogen (secondary N) is 1. The third-order valence-electron chi connectivity index (χ3n) is 4.66. The van der Waals surface area contributed by atoms with Gasteiger partial charge in [-0.25, -0.2) is 0 Å². The van der Waals surface area contributed by atoms with Gasteiger partial charge in [-0.3, -0.25) is 0 Å². The first-order chi connectivity index (χ1) is 10.2. The lowest BCUT2D eigenvalue weighted by Gasteiger charge is -2.26. The van der Waals surface area contributed by atoms with Gasteiger partial charge in [0.25, 0.3) is 0 Å². The highest BCUT2D eigenvalue weighted by Gasteiger charge is 2.27. The first-order valence-corrected chi connectivity index (χ1v) is 8.64. The van der Waals surface area contributed by atoms with Crippen molar-refractivity contribution >= 4 is 17.0 Å². The third-order valence-corrected chi connectivity index (χ3v) is 5.62. The molecular weight excluding hydrogens is 278 g/mol. The predicted octanol–water partition coefficient (Wildman–Crippen LogP) is 5.41. The van der Waals surface area contributed by atoms with Crippen LogP contribution in [0.2, 0.25) is 0 Å². The second-order valence-electron chi connectivity index (χ2n) is 6.09. The molecule has 0 saturated heterocycles. The molecule has 1 aromatic heterocycles. The Morgan fingerprint density at radius 2 is 1.95 bits per heavy atom. The molecule has 1 saturated carbocycles. The Balaban J connectivity index is 1.90. The number of aryl methyl sites for hydroxylation is 1. The average Bonchev–Trinajstić information content (AvgIpc) is 3.17. The molecule has 0 radical (unpaired) electrons. The summed E-state index contributed by atoms with van der Waals surface area (Å²) < 4.78 is 0. The quantitative estimate of drug-likeness (QED) is 0.791. The van der Waals surface area contributed by atoms with Crippen molar-refractivity contribution in [1.29, 1.82) is 0 Å². The molecule has 1 aliphatic carbocycles. The van der Waals surface area contributed by atoms with E-state index in [0.717, 1.165) is 16.8 Å². The number of hydrogen-bond donors (Lipinski definition) is 2. The van der Waals surface area contributed by atoms with Crippen molar-refractivity contribution < 1.29 is 5.11 Å². The summed E-state index contributed by atoms with van der Waals surface area (Å²) in [6, 6.07) is 8.81. The molecular formula is C18H23NOS. The maximum Gasteiger partial charge on any atom is 0.123 e. The Kier molecular flexibility index (Phi) is 4.20. The smallest absolute Gasteiger partial charge is 0.123 e. The van der Waals surface area contributed by atoms with Crippen LogP contribution in [0, 0.1) is 19.8 Å². The van der Waals surface area contributed by atoms with Gasteiger partial charge in [-0.15, -0.1) is 11.3 Å². The monoisotopic (exact) mass is 301 g/mol. The lowest BCUT2D eigenvalue weighted by atomic mass is 9.95. The fourth-order valence-corrected chi connectivity index (χ4v) is 4.21. The lowest BCUT2D eigenvalue weighted by molar-refractivity contribution is 0.463. The van der Waals surface area contributed by atoms with Gasteiger partial charge in [0, 0.05) is 16.1 Å². The summed E-state index contributed by atoms with van der Waals surface area (Å²) >= 11 is 1.83. The number of aromatic hydroxyl groups is 1. The highest BCUT2D eigenvalue weighted by molar-refractivity contribution is 7.10. The Labute approximate surface area is 130 Å². The first-order valence-electron chi connectivity index (χ1n) is 7.76. The van der Waals surface area contributed by atoms with E-state index in [1.165, 1.54) is 30.6 Å². The summed E-state index contributed by atoms with van der Waals surface area (Å²) in [6.45, 7) is 3.94. The lowest BCUT2D eigenvalue weighted by Crippen LogP contribution is -2.18. The van der Waals surface area contributed by atoms with E-state index in [0.29, 0.717) is 17.7 Å². The standard InChI is InChI=1S/C18H23NOS/c1-12-9-10-15(13(2)18(12)20)19-17(14-6-3-4-7-14)16-8-5-11-21-16/h5,8-11,14,17,19-20H,3-4,6-7H2,1-2H3. The summed E-state index contributed by atoms with van der Waals surface area (Å²) in [6.07, 6.45) is 5.28. The minimum atomic E-state index is 0.369. The SMILES string of the molecule is Cc1ccc(NC(c2cccs2)C2CCCC2)c(C)c1O. The third kappa shape index (κ3) is 2.93. The maximum absolute atomic E-state index is 10.2. The zero-order chi connectivity index (χ0) is 14.8. The van der Waals surface area contributed by atoms with Crippen LogP contribution in [0.15, 0.2) is 29.6 Å². The fraction of sp³-hybridized carbons (Fsp3) is 0.444. The van der Waals surface area contributed by atoms with E-state index in [2.05, 4.69) is 28.9 Å². The molecule has 0 aliphatic heterocycles. The van der Waals surface area contributed by atoms with E-state index in [9.17, 15) is 5.11 Å². The molecule has 2 aromatic rings. The van der Waals surface area contributed by atoms with Crippen LogP contribution in [0.5, 0.6) is 5.75 Å². The normalized spacial score (nSPS) is 17.0. The van der Waals surface area contributed by atoms with Gasteiger partial charge in [-0.1, -0.05) is 25.0 Å². The molecule has 1 fully saturated rings. The topological polar surface area (TPSA) is 32.3 Å². The Morgan fingerprint density at radius 1 is 1.19 bits per heavy atom. The van der Waals surface area contributed by atoms with Crippen molar-refractivity contribution in [2.75, 3.05) is 5.32 Å². The second-order valence-corrected chi connectivity index (χ2v) is 7.06. The molecule has 3 heteroatoms. The van der Waals surface area contributed by atoms with E-state index >= 15 is 0 Å². The molecule has 1 unspecified atom stereocenters. The molecule has 2 nitrogen and oxygen atoms in total. The number of phenols is 1. The van der Waals surface area contributed by atoms with Crippen LogP contribution in [-0.4, -0.2) is 5.11 Å². The maximum atomic E-state index is 10.2. The van der Waals surface area contributed by atoms with E-state index in [1.54, 1.807) is 0 Å². The van der Waals surface area contributed by atoms with Gasteiger partial charge in [0.05, 0.1) is 6.04 Å². The van der Waals surface area contributed by atoms with Crippen molar-refractivity contribution in [3.05, 3.63) is 45.6 Å². The summed E-state index contributed by atoms with van der Waals surface area (Å²) in [5.74, 6) is 1.11. The fourth-order valence-electron chi connectivity index (χ4n) is 3.34. The van der Waals surface area contributed by atoms with Crippen LogP contribution in [0.3, 0.4) is 0 Å². The molecule has 1 heterocycles.